The van der Waals surface area contributed by atoms with E-state index in [-0.39, 0.29) is 19.1 Å². The molecule has 3 heterocycles. The van der Waals surface area contributed by atoms with Crippen molar-refractivity contribution in [3.05, 3.63) is 74.7 Å². The molecule has 0 bridgehead atoms. The number of amides is 1. The molecule has 0 saturated carbocycles. The van der Waals surface area contributed by atoms with E-state index >= 15 is 0 Å². The largest absolute Gasteiger partial charge is 0.454 e. The third-order valence-corrected chi connectivity index (χ3v) is 6.84. The van der Waals surface area contributed by atoms with Crippen molar-refractivity contribution in [2.75, 3.05) is 25.8 Å². The average molecular weight is 509 g/mol. The number of carbonyl (C=O) groups excluding carboxylic acids is 1. The van der Waals surface area contributed by atoms with E-state index in [0.29, 0.717) is 23.9 Å². The topological polar surface area (TPSA) is 67.8 Å². The number of ether oxygens (including phenoxy) is 2. The van der Waals surface area contributed by atoms with E-state index in [2.05, 4.69) is 11.1 Å². The van der Waals surface area contributed by atoms with Crippen molar-refractivity contribution in [3.63, 3.8) is 0 Å². The van der Waals surface area contributed by atoms with Gasteiger partial charge in [-0.05, 0) is 42.8 Å². The quantitative estimate of drug-likeness (QED) is 0.341. The molecule has 35 heavy (non-hydrogen) atoms. The molecule has 2 aromatic heterocycles. The summed E-state index contributed by atoms with van der Waals surface area (Å²) in [6.07, 6.45) is 0.239. The van der Waals surface area contributed by atoms with Crippen LogP contribution in [-0.4, -0.2) is 41.7 Å². The minimum absolute atomic E-state index is 0.00567. The van der Waals surface area contributed by atoms with E-state index in [4.69, 9.17) is 26.1 Å². The molecule has 7 nitrogen and oxygen atoms in total. The molecule has 0 fully saturated rings. The summed E-state index contributed by atoms with van der Waals surface area (Å²) < 4.78 is 11.0. The predicted octanol–water partition coefficient (Wildman–Crippen LogP) is 5.22. The number of halogens is 1. The van der Waals surface area contributed by atoms with Crippen molar-refractivity contribution in [2.45, 2.75) is 26.4 Å². The van der Waals surface area contributed by atoms with Crippen LogP contribution in [0, 0.1) is 6.92 Å². The van der Waals surface area contributed by atoms with Crippen molar-refractivity contribution < 1.29 is 14.3 Å². The fourth-order valence-corrected chi connectivity index (χ4v) is 4.91. The summed E-state index contributed by atoms with van der Waals surface area (Å²) in [6, 6.07) is 13.5. The number of hydrogen-bond acceptors (Lipinski definition) is 7. The highest BCUT2D eigenvalue weighted by atomic mass is 35.5. The second-order valence-electron chi connectivity index (χ2n) is 8.67. The zero-order valence-electron chi connectivity index (χ0n) is 19.7. The molecule has 5 rings (SSSR count). The predicted molar refractivity (Wildman–Crippen MR) is 138 cm³/mol. The van der Waals surface area contributed by atoms with Gasteiger partial charge in [-0.15, -0.1) is 11.3 Å². The van der Waals surface area contributed by atoms with Crippen LogP contribution in [0.2, 0.25) is 5.02 Å². The number of rotatable bonds is 7. The number of anilines is 1. The summed E-state index contributed by atoms with van der Waals surface area (Å²) in [4.78, 5) is 26.7. The second kappa shape index (κ2) is 9.71. The Hall–Kier alpha value is -3.36. The Bertz CT molecular complexity index is 1400. The van der Waals surface area contributed by atoms with Crippen LogP contribution in [0.5, 0.6) is 11.5 Å². The third kappa shape index (κ3) is 5.18. The maximum absolute atomic E-state index is 13.5. The van der Waals surface area contributed by atoms with Crippen molar-refractivity contribution >= 4 is 45.6 Å². The van der Waals surface area contributed by atoms with Crippen LogP contribution >= 0.6 is 22.9 Å². The summed E-state index contributed by atoms with van der Waals surface area (Å²) in [5.41, 5.74) is 3.52. The van der Waals surface area contributed by atoms with Crippen LogP contribution in [0.25, 0.3) is 10.9 Å². The van der Waals surface area contributed by atoms with Crippen LogP contribution in [0.1, 0.15) is 21.8 Å². The summed E-state index contributed by atoms with van der Waals surface area (Å²) in [6.45, 7) is 2.97. The molecule has 1 aliphatic heterocycles. The lowest BCUT2D eigenvalue weighted by Gasteiger charge is -2.26. The van der Waals surface area contributed by atoms with Gasteiger partial charge in [-0.3, -0.25) is 4.79 Å². The van der Waals surface area contributed by atoms with Crippen LogP contribution in [0.4, 0.5) is 5.82 Å². The van der Waals surface area contributed by atoms with Gasteiger partial charge in [-0.1, -0.05) is 23.7 Å². The van der Waals surface area contributed by atoms with Gasteiger partial charge in [0, 0.05) is 48.5 Å². The van der Waals surface area contributed by atoms with Gasteiger partial charge in [0.25, 0.3) is 0 Å². The molecule has 0 radical (unpaired) electrons. The van der Waals surface area contributed by atoms with E-state index in [9.17, 15) is 4.79 Å². The SMILES string of the molecule is Cc1nc(CC(=O)N(Cc2ccc3c(c2)OCO3)Cc2cc3ccc(Cl)cc3nc2N(C)C)cs1. The third-order valence-electron chi connectivity index (χ3n) is 5.78. The van der Waals surface area contributed by atoms with Crippen LogP contribution < -0.4 is 14.4 Å². The minimum Gasteiger partial charge on any atom is -0.454 e. The highest BCUT2D eigenvalue weighted by Crippen LogP contribution is 2.33. The monoisotopic (exact) mass is 508 g/mol. The Labute approximate surface area is 212 Å². The summed E-state index contributed by atoms with van der Waals surface area (Å²) in [5.74, 6) is 2.21. The maximum Gasteiger partial charge on any atom is 0.231 e. The van der Waals surface area contributed by atoms with Crippen molar-refractivity contribution in [3.8, 4) is 11.5 Å². The Balaban J connectivity index is 1.49. The first-order chi connectivity index (χ1) is 16.9. The average Bonchev–Trinajstić information content (AvgIpc) is 3.46. The lowest BCUT2D eigenvalue weighted by atomic mass is 10.1. The molecule has 0 spiro atoms. The Morgan fingerprint density at radius 1 is 1.06 bits per heavy atom. The number of thiazole rings is 1. The molecule has 4 aromatic rings. The van der Waals surface area contributed by atoms with E-state index in [1.165, 1.54) is 0 Å². The molecule has 0 saturated heterocycles. The number of carbonyl (C=O) groups is 1. The molecule has 180 valence electrons. The minimum atomic E-state index is -0.00567. The van der Waals surface area contributed by atoms with Gasteiger partial charge in [0.1, 0.15) is 5.82 Å². The highest BCUT2D eigenvalue weighted by molar-refractivity contribution is 7.09. The van der Waals surface area contributed by atoms with Gasteiger partial charge >= 0.3 is 0 Å². The highest BCUT2D eigenvalue weighted by Gasteiger charge is 2.21. The molecule has 1 aliphatic rings. The standard InChI is InChI=1S/C26H25ClN4O3S/c1-16-28-21(14-35-16)11-25(32)31(12-17-4-7-23-24(8-17)34-15-33-23)13-19-9-18-5-6-20(27)10-22(18)29-26(19)30(2)3/h4-10,14H,11-13,15H2,1-3H3. The molecular formula is C26H25ClN4O3S. The number of hydrogen-bond donors (Lipinski definition) is 0. The first kappa shape index (κ1) is 23.4. The number of nitrogens with zero attached hydrogens (tertiary/aromatic N) is 4. The summed E-state index contributed by atoms with van der Waals surface area (Å²) >= 11 is 7.74. The van der Waals surface area contributed by atoms with Gasteiger partial charge < -0.3 is 19.3 Å². The smallest absolute Gasteiger partial charge is 0.231 e. The first-order valence-corrected chi connectivity index (χ1v) is 12.5. The van der Waals surface area contributed by atoms with E-state index in [1.807, 2.05) is 72.6 Å². The number of aromatic nitrogens is 2. The van der Waals surface area contributed by atoms with E-state index in [0.717, 1.165) is 44.3 Å². The van der Waals surface area contributed by atoms with Gasteiger partial charge in [-0.25, -0.2) is 9.97 Å². The van der Waals surface area contributed by atoms with Crippen molar-refractivity contribution in [2.24, 2.45) is 0 Å². The number of pyridine rings is 1. The van der Waals surface area contributed by atoms with Gasteiger partial charge in [0.15, 0.2) is 11.5 Å². The Morgan fingerprint density at radius 2 is 1.89 bits per heavy atom. The molecule has 1 amide bonds. The fourth-order valence-electron chi connectivity index (χ4n) is 4.13. The molecular weight excluding hydrogens is 484 g/mol. The molecule has 0 aliphatic carbocycles. The normalized spacial score (nSPS) is 12.2. The van der Waals surface area contributed by atoms with E-state index < -0.39 is 0 Å². The second-order valence-corrected chi connectivity index (χ2v) is 10.2. The van der Waals surface area contributed by atoms with Gasteiger partial charge in [0.05, 0.1) is 22.6 Å². The zero-order valence-corrected chi connectivity index (χ0v) is 21.3. The summed E-state index contributed by atoms with van der Waals surface area (Å²) in [7, 11) is 3.90. The zero-order chi connectivity index (χ0) is 24.5. The van der Waals surface area contributed by atoms with Crippen LogP contribution in [-0.2, 0) is 24.3 Å². The fraction of sp³-hybridized carbons (Fsp3) is 0.269. The summed E-state index contributed by atoms with van der Waals surface area (Å²) in [5, 5.41) is 4.50. The molecule has 9 heteroatoms. The molecule has 0 unspecified atom stereocenters. The maximum atomic E-state index is 13.5. The number of benzene rings is 2. The number of fused-ring (bicyclic) bond motifs is 2. The van der Waals surface area contributed by atoms with Crippen molar-refractivity contribution in [1.82, 2.24) is 14.9 Å². The van der Waals surface area contributed by atoms with E-state index in [1.54, 1.807) is 11.3 Å². The van der Waals surface area contributed by atoms with Gasteiger partial charge in [-0.2, -0.15) is 0 Å². The molecule has 0 atom stereocenters. The Morgan fingerprint density at radius 3 is 2.66 bits per heavy atom. The molecule has 2 aromatic carbocycles. The van der Waals surface area contributed by atoms with Crippen LogP contribution in [0.3, 0.4) is 0 Å². The molecule has 0 N–H and O–H groups in total. The number of aryl methyl sites for hydroxylation is 1. The lowest BCUT2D eigenvalue weighted by molar-refractivity contribution is -0.131. The Kier molecular flexibility index (Phi) is 6.49. The van der Waals surface area contributed by atoms with Gasteiger partial charge in [0.2, 0.25) is 12.7 Å². The lowest BCUT2D eigenvalue weighted by Crippen LogP contribution is -2.32. The van der Waals surface area contributed by atoms with Crippen molar-refractivity contribution in [1.29, 1.82) is 0 Å². The first-order valence-electron chi connectivity index (χ1n) is 11.2. The van der Waals surface area contributed by atoms with Crippen LogP contribution in [0.15, 0.2) is 47.8 Å².